The van der Waals surface area contributed by atoms with Gasteiger partial charge in [-0.15, -0.1) is 0 Å². The van der Waals surface area contributed by atoms with Crippen LogP contribution in [0.25, 0.3) is 6.08 Å². The normalized spacial score (nSPS) is 19.6. The summed E-state index contributed by atoms with van der Waals surface area (Å²) in [7, 11) is 0. The number of hydrogen-bond donors (Lipinski definition) is 1. The van der Waals surface area contributed by atoms with E-state index >= 15 is 0 Å². The molecule has 0 aliphatic heterocycles. The Bertz CT molecular complexity index is 798. The maximum Gasteiger partial charge on any atom is 0.269 e. The van der Waals surface area contributed by atoms with Gasteiger partial charge in [0.25, 0.3) is 5.69 Å². The van der Waals surface area contributed by atoms with Gasteiger partial charge in [0.1, 0.15) is 6.10 Å². The van der Waals surface area contributed by atoms with Crippen molar-refractivity contribution >= 4 is 17.7 Å². The lowest BCUT2D eigenvalue weighted by molar-refractivity contribution is -0.384. The summed E-state index contributed by atoms with van der Waals surface area (Å²) in [6, 6.07) is 11.8. The lowest BCUT2D eigenvalue weighted by atomic mass is 9.93. The Hall–Kier alpha value is -3.22. The first-order chi connectivity index (χ1) is 13.1. The number of aromatic nitrogens is 1. The summed E-state index contributed by atoms with van der Waals surface area (Å²) in [4.78, 5) is 26.4. The van der Waals surface area contributed by atoms with Crippen molar-refractivity contribution in [2.24, 2.45) is 0 Å². The van der Waals surface area contributed by atoms with Crippen LogP contribution in [-0.2, 0) is 4.79 Å². The number of hydrogen-bond acceptors (Lipinski definition) is 5. The minimum atomic E-state index is -0.450. The van der Waals surface area contributed by atoms with Gasteiger partial charge in [0.2, 0.25) is 11.8 Å². The van der Waals surface area contributed by atoms with Crippen molar-refractivity contribution in [3.8, 4) is 5.88 Å². The molecule has 1 saturated carbocycles. The van der Waals surface area contributed by atoms with Crippen molar-refractivity contribution in [1.82, 2.24) is 10.3 Å². The molecule has 27 heavy (non-hydrogen) atoms. The lowest BCUT2D eigenvalue weighted by Crippen LogP contribution is -2.39. The van der Waals surface area contributed by atoms with Crippen molar-refractivity contribution in [1.29, 1.82) is 0 Å². The van der Waals surface area contributed by atoms with Gasteiger partial charge < -0.3 is 10.1 Å². The van der Waals surface area contributed by atoms with E-state index in [4.69, 9.17) is 4.74 Å². The van der Waals surface area contributed by atoms with Gasteiger partial charge in [0.05, 0.1) is 4.92 Å². The number of ether oxygens (including phenoxy) is 1. The average molecular weight is 367 g/mol. The number of nitrogens with one attached hydrogen (secondary N) is 1. The molecule has 0 spiro atoms. The molecule has 3 rings (SSSR count). The molecule has 0 radical (unpaired) electrons. The van der Waals surface area contributed by atoms with E-state index in [9.17, 15) is 14.9 Å². The van der Waals surface area contributed by atoms with E-state index in [1.807, 2.05) is 18.2 Å². The van der Waals surface area contributed by atoms with E-state index in [1.165, 1.54) is 18.2 Å². The van der Waals surface area contributed by atoms with Gasteiger partial charge in [-0.1, -0.05) is 6.07 Å². The predicted molar refractivity (Wildman–Crippen MR) is 101 cm³/mol. The number of benzene rings is 1. The Morgan fingerprint density at radius 2 is 1.89 bits per heavy atom. The van der Waals surface area contributed by atoms with Crippen LogP contribution in [0.4, 0.5) is 5.69 Å². The second kappa shape index (κ2) is 8.93. The molecule has 1 aliphatic rings. The number of carbonyl (C=O) groups excluding carboxylic acids is 1. The molecule has 1 N–H and O–H groups in total. The fourth-order valence-corrected chi connectivity index (χ4v) is 3.04. The molecule has 0 unspecified atom stereocenters. The Morgan fingerprint density at radius 1 is 1.15 bits per heavy atom. The second-order valence-electron chi connectivity index (χ2n) is 6.45. The number of amides is 1. The van der Waals surface area contributed by atoms with Crippen LogP contribution in [0.1, 0.15) is 31.2 Å². The van der Waals surface area contributed by atoms with Crippen LogP contribution < -0.4 is 10.1 Å². The van der Waals surface area contributed by atoms with E-state index < -0.39 is 4.92 Å². The highest BCUT2D eigenvalue weighted by Crippen LogP contribution is 2.22. The Labute approximate surface area is 157 Å². The summed E-state index contributed by atoms with van der Waals surface area (Å²) in [5.74, 6) is 0.471. The number of nitro groups is 1. The van der Waals surface area contributed by atoms with Gasteiger partial charge in [0.15, 0.2) is 0 Å². The largest absolute Gasteiger partial charge is 0.474 e. The van der Waals surface area contributed by atoms with E-state index in [0.29, 0.717) is 5.88 Å². The summed E-state index contributed by atoms with van der Waals surface area (Å²) in [6.45, 7) is 0. The van der Waals surface area contributed by atoms with Crippen LogP contribution in [-0.4, -0.2) is 28.0 Å². The van der Waals surface area contributed by atoms with Crippen LogP contribution in [0.2, 0.25) is 0 Å². The molecule has 1 fully saturated rings. The highest BCUT2D eigenvalue weighted by atomic mass is 16.6. The van der Waals surface area contributed by atoms with Crippen molar-refractivity contribution in [2.75, 3.05) is 0 Å². The van der Waals surface area contributed by atoms with Crippen LogP contribution in [0.15, 0.2) is 54.7 Å². The third kappa shape index (κ3) is 5.64. The monoisotopic (exact) mass is 367 g/mol. The highest BCUT2D eigenvalue weighted by molar-refractivity contribution is 5.91. The van der Waals surface area contributed by atoms with E-state index in [0.717, 1.165) is 31.2 Å². The smallest absolute Gasteiger partial charge is 0.269 e. The molecule has 1 amide bonds. The van der Waals surface area contributed by atoms with Crippen molar-refractivity contribution in [3.63, 3.8) is 0 Å². The zero-order chi connectivity index (χ0) is 19.1. The molecular formula is C20H21N3O4. The molecular weight excluding hydrogens is 346 g/mol. The van der Waals surface area contributed by atoms with Gasteiger partial charge in [0, 0.05) is 36.5 Å². The fraction of sp³-hybridized carbons (Fsp3) is 0.300. The molecule has 0 bridgehead atoms. The molecule has 1 aromatic carbocycles. The summed E-state index contributed by atoms with van der Waals surface area (Å²) in [5, 5.41) is 13.6. The first-order valence-electron chi connectivity index (χ1n) is 8.91. The molecule has 0 atom stereocenters. The van der Waals surface area contributed by atoms with Crippen LogP contribution in [0.5, 0.6) is 5.88 Å². The predicted octanol–water partition coefficient (Wildman–Crippen LogP) is 3.51. The van der Waals surface area contributed by atoms with Crippen LogP contribution in [0.3, 0.4) is 0 Å². The fourth-order valence-electron chi connectivity index (χ4n) is 3.04. The molecule has 7 nitrogen and oxygen atoms in total. The van der Waals surface area contributed by atoms with Crippen molar-refractivity contribution in [2.45, 2.75) is 37.8 Å². The van der Waals surface area contributed by atoms with Gasteiger partial charge >= 0.3 is 0 Å². The van der Waals surface area contributed by atoms with Gasteiger partial charge in [-0.2, -0.15) is 0 Å². The quantitative estimate of drug-likeness (QED) is 0.479. The molecule has 0 saturated heterocycles. The Kier molecular flexibility index (Phi) is 6.14. The molecule has 1 aliphatic carbocycles. The minimum Gasteiger partial charge on any atom is -0.474 e. The van der Waals surface area contributed by atoms with Crippen LogP contribution >= 0.6 is 0 Å². The van der Waals surface area contributed by atoms with E-state index in [1.54, 1.807) is 24.4 Å². The first kappa shape index (κ1) is 18.6. The SMILES string of the molecule is O=C(/C=C/c1ccc([N+](=O)[O-])cc1)NC1CCC(Oc2ccccn2)CC1. The number of nitro benzene ring substituents is 1. The third-order valence-electron chi connectivity index (χ3n) is 4.48. The molecule has 7 heteroatoms. The summed E-state index contributed by atoms with van der Waals surface area (Å²) in [6.07, 6.45) is 8.39. The third-order valence-corrected chi connectivity index (χ3v) is 4.48. The highest BCUT2D eigenvalue weighted by Gasteiger charge is 2.23. The average Bonchev–Trinajstić information content (AvgIpc) is 2.69. The molecule has 2 aromatic rings. The lowest BCUT2D eigenvalue weighted by Gasteiger charge is -2.28. The second-order valence-corrected chi connectivity index (χ2v) is 6.45. The standard InChI is InChI=1S/C20H21N3O4/c24-19(13-6-15-4-9-17(10-5-15)23(25)26)22-16-7-11-18(12-8-16)27-20-3-1-2-14-21-20/h1-6,9-10,13-14,16,18H,7-8,11-12H2,(H,22,24)/b13-6+. The summed E-state index contributed by atoms with van der Waals surface area (Å²) >= 11 is 0. The maximum absolute atomic E-state index is 12.1. The molecule has 1 aromatic heterocycles. The zero-order valence-corrected chi connectivity index (χ0v) is 14.8. The van der Waals surface area contributed by atoms with E-state index in [2.05, 4.69) is 10.3 Å². The van der Waals surface area contributed by atoms with E-state index in [-0.39, 0.29) is 23.7 Å². The van der Waals surface area contributed by atoms with Gasteiger partial charge in [-0.3, -0.25) is 14.9 Å². The van der Waals surface area contributed by atoms with Gasteiger partial charge in [-0.25, -0.2) is 4.98 Å². The van der Waals surface area contributed by atoms with Crippen molar-refractivity contribution < 1.29 is 14.5 Å². The number of non-ortho nitro benzene ring substituents is 1. The molecule has 140 valence electrons. The summed E-state index contributed by atoms with van der Waals surface area (Å²) < 4.78 is 5.85. The van der Waals surface area contributed by atoms with Crippen LogP contribution in [0, 0.1) is 10.1 Å². The number of nitrogens with zero attached hydrogens (tertiary/aromatic N) is 2. The first-order valence-corrected chi connectivity index (χ1v) is 8.91. The molecule has 1 heterocycles. The maximum atomic E-state index is 12.1. The summed E-state index contributed by atoms with van der Waals surface area (Å²) in [5.41, 5.74) is 0.768. The number of rotatable bonds is 6. The van der Waals surface area contributed by atoms with Gasteiger partial charge in [-0.05, 0) is 55.5 Å². The Morgan fingerprint density at radius 3 is 2.52 bits per heavy atom. The number of carbonyl (C=O) groups is 1. The Balaban J connectivity index is 1.43. The topological polar surface area (TPSA) is 94.4 Å². The zero-order valence-electron chi connectivity index (χ0n) is 14.8. The number of pyridine rings is 1. The van der Waals surface area contributed by atoms with Crippen molar-refractivity contribution in [3.05, 3.63) is 70.4 Å². The minimum absolute atomic E-state index is 0.0290.